The topological polar surface area (TPSA) is 57.4 Å². The highest BCUT2D eigenvalue weighted by Gasteiger charge is 2.11. The molecule has 0 saturated heterocycles. The van der Waals surface area contributed by atoms with Crippen LogP contribution in [-0.2, 0) is 6.42 Å². The molecule has 0 atom stereocenters. The summed E-state index contributed by atoms with van der Waals surface area (Å²) in [6.07, 6.45) is 0.738. The van der Waals surface area contributed by atoms with Crippen molar-refractivity contribution in [1.29, 1.82) is 0 Å². The zero-order chi connectivity index (χ0) is 16.6. The molecule has 0 saturated carbocycles. The SMILES string of the molecule is c1ccc(-c2nc3ccccc3[nH]2)c(Cc2nc3ccccc3[nH]2)c1. The molecule has 5 aromatic rings. The van der Waals surface area contributed by atoms with Crippen LogP contribution in [0, 0.1) is 0 Å². The van der Waals surface area contributed by atoms with Gasteiger partial charge in [0.25, 0.3) is 0 Å². The summed E-state index contributed by atoms with van der Waals surface area (Å²) in [5, 5.41) is 0. The summed E-state index contributed by atoms with van der Waals surface area (Å²) < 4.78 is 0. The molecule has 0 amide bonds. The van der Waals surface area contributed by atoms with Crippen molar-refractivity contribution < 1.29 is 0 Å². The number of hydrogen-bond donors (Lipinski definition) is 2. The first-order valence-electron chi connectivity index (χ1n) is 8.33. The van der Waals surface area contributed by atoms with Gasteiger partial charge in [-0.2, -0.15) is 0 Å². The van der Waals surface area contributed by atoms with Gasteiger partial charge in [0.05, 0.1) is 22.1 Å². The monoisotopic (exact) mass is 324 g/mol. The van der Waals surface area contributed by atoms with Gasteiger partial charge in [-0.1, -0.05) is 48.5 Å². The van der Waals surface area contributed by atoms with Crippen molar-refractivity contribution in [2.45, 2.75) is 6.42 Å². The summed E-state index contributed by atoms with van der Waals surface area (Å²) in [4.78, 5) is 16.3. The third-order valence-electron chi connectivity index (χ3n) is 4.46. The Morgan fingerprint density at radius 1 is 0.640 bits per heavy atom. The van der Waals surface area contributed by atoms with E-state index in [0.29, 0.717) is 0 Å². The van der Waals surface area contributed by atoms with Crippen LogP contribution >= 0.6 is 0 Å². The molecule has 25 heavy (non-hydrogen) atoms. The van der Waals surface area contributed by atoms with Crippen molar-refractivity contribution in [2.75, 3.05) is 0 Å². The second-order valence-corrected chi connectivity index (χ2v) is 6.14. The number of fused-ring (bicyclic) bond motifs is 2. The highest BCUT2D eigenvalue weighted by molar-refractivity contribution is 5.80. The highest BCUT2D eigenvalue weighted by Crippen LogP contribution is 2.25. The standard InChI is InChI=1S/C21H16N4/c1-2-8-15(21-24-18-11-5-6-12-19(18)25-21)14(7-1)13-20-22-16-9-3-4-10-17(16)23-20/h1-12H,13H2,(H,22,23)(H,24,25). The molecule has 0 radical (unpaired) electrons. The lowest BCUT2D eigenvalue weighted by atomic mass is 10.0. The first-order chi connectivity index (χ1) is 12.4. The first-order valence-corrected chi connectivity index (χ1v) is 8.33. The van der Waals surface area contributed by atoms with Crippen LogP contribution in [0.4, 0.5) is 0 Å². The summed E-state index contributed by atoms with van der Waals surface area (Å²) in [5.41, 5.74) is 6.41. The van der Waals surface area contributed by atoms with E-state index >= 15 is 0 Å². The lowest BCUT2D eigenvalue weighted by molar-refractivity contribution is 1.04. The van der Waals surface area contributed by atoms with Crippen molar-refractivity contribution in [2.24, 2.45) is 0 Å². The van der Waals surface area contributed by atoms with Crippen molar-refractivity contribution in [1.82, 2.24) is 19.9 Å². The number of imidazole rings is 2. The van der Waals surface area contributed by atoms with E-state index in [2.05, 4.69) is 34.2 Å². The Hall–Kier alpha value is -3.40. The van der Waals surface area contributed by atoms with E-state index in [1.807, 2.05) is 48.5 Å². The molecule has 0 spiro atoms. The van der Waals surface area contributed by atoms with Crippen LogP contribution in [0.5, 0.6) is 0 Å². The van der Waals surface area contributed by atoms with Crippen LogP contribution in [0.25, 0.3) is 33.5 Å². The first kappa shape index (κ1) is 14.0. The van der Waals surface area contributed by atoms with E-state index in [0.717, 1.165) is 45.7 Å². The summed E-state index contributed by atoms with van der Waals surface area (Å²) in [5.74, 6) is 1.86. The number of rotatable bonds is 3. The van der Waals surface area contributed by atoms with Gasteiger partial charge in [0.15, 0.2) is 0 Å². The number of aromatic nitrogens is 4. The molecule has 4 heteroatoms. The highest BCUT2D eigenvalue weighted by atomic mass is 14.9. The maximum atomic E-state index is 4.74. The summed E-state index contributed by atoms with van der Waals surface area (Å²) in [6, 6.07) is 24.6. The molecule has 0 bridgehead atoms. The molecule has 3 aromatic carbocycles. The fraction of sp³-hybridized carbons (Fsp3) is 0.0476. The predicted molar refractivity (Wildman–Crippen MR) is 100 cm³/mol. The van der Waals surface area contributed by atoms with Gasteiger partial charge < -0.3 is 9.97 Å². The van der Waals surface area contributed by atoms with Crippen molar-refractivity contribution >= 4 is 22.1 Å². The molecule has 2 heterocycles. The van der Waals surface area contributed by atoms with Gasteiger partial charge in [-0.3, -0.25) is 0 Å². The molecule has 0 aliphatic heterocycles. The third kappa shape index (κ3) is 2.48. The molecule has 120 valence electrons. The quantitative estimate of drug-likeness (QED) is 0.505. The van der Waals surface area contributed by atoms with E-state index < -0.39 is 0 Å². The fourth-order valence-corrected chi connectivity index (χ4v) is 3.26. The van der Waals surface area contributed by atoms with E-state index in [-0.39, 0.29) is 0 Å². The Morgan fingerprint density at radius 2 is 1.28 bits per heavy atom. The van der Waals surface area contributed by atoms with Gasteiger partial charge in [-0.15, -0.1) is 0 Å². The van der Waals surface area contributed by atoms with Gasteiger partial charge in [0.2, 0.25) is 0 Å². The van der Waals surface area contributed by atoms with Crippen molar-refractivity contribution in [3.63, 3.8) is 0 Å². The van der Waals surface area contributed by atoms with Gasteiger partial charge in [-0.25, -0.2) is 9.97 Å². The number of para-hydroxylation sites is 4. The predicted octanol–water partition coefficient (Wildman–Crippen LogP) is 4.70. The Balaban J connectivity index is 1.58. The van der Waals surface area contributed by atoms with Crippen LogP contribution in [0.3, 0.4) is 0 Å². The van der Waals surface area contributed by atoms with Crippen LogP contribution in [0.15, 0.2) is 72.8 Å². The smallest absolute Gasteiger partial charge is 0.138 e. The molecule has 0 fully saturated rings. The second-order valence-electron chi connectivity index (χ2n) is 6.14. The number of benzene rings is 3. The Morgan fingerprint density at radius 3 is 2.04 bits per heavy atom. The molecule has 2 N–H and O–H groups in total. The van der Waals surface area contributed by atoms with Crippen LogP contribution in [0.2, 0.25) is 0 Å². The molecular weight excluding hydrogens is 308 g/mol. The fourth-order valence-electron chi connectivity index (χ4n) is 3.26. The molecule has 0 aliphatic carbocycles. The van der Waals surface area contributed by atoms with Gasteiger partial charge >= 0.3 is 0 Å². The Labute approximate surface area is 144 Å². The van der Waals surface area contributed by atoms with Crippen LogP contribution in [-0.4, -0.2) is 19.9 Å². The van der Waals surface area contributed by atoms with Crippen LogP contribution < -0.4 is 0 Å². The third-order valence-corrected chi connectivity index (χ3v) is 4.46. The lowest BCUT2D eigenvalue weighted by Gasteiger charge is -2.05. The number of H-pyrrole nitrogens is 2. The number of nitrogens with zero attached hydrogens (tertiary/aromatic N) is 2. The van der Waals surface area contributed by atoms with Crippen LogP contribution in [0.1, 0.15) is 11.4 Å². The largest absolute Gasteiger partial charge is 0.342 e. The maximum Gasteiger partial charge on any atom is 0.138 e. The Kier molecular flexibility index (Phi) is 3.13. The van der Waals surface area contributed by atoms with E-state index in [4.69, 9.17) is 9.97 Å². The molecule has 0 aliphatic rings. The zero-order valence-corrected chi connectivity index (χ0v) is 13.5. The van der Waals surface area contributed by atoms with Gasteiger partial charge in [0.1, 0.15) is 11.6 Å². The summed E-state index contributed by atoms with van der Waals surface area (Å²) in [7, 11) is 0. The molecular formula is C21H16N4. The maximum absolute atomic E-state index is 4.74. The number of hydrogen-bond acceptors (Lipinski definition) is 2. The van der Waals surface area contributed by atoms with Gasteiger partial charge in [0, 0.05) is 12.0 Å². The zero-order valence-electron chi connectivity index (χ0n) is 13.5. The van der Waals surface area contributed by atoms with E-state index in [1.165, 1.54) is 5.56 Å². The average molecular weight is 324 g/mol. The minimum Gasteiger partial charge on any atom is -0.342 e. The summed E-state index contributed by atoms with van der Waals surface area (Å²) >= 11 is 0. The van der Waals surface area contributed by atoms with E-state index in [1.54, 1.807) is 0 Å². The molecule has 5 rings (SSSR count). The Bertz CT molecular complexity index is 1120. The normalized spacial score (nSPS) is 11.4. The van der Waals surface area contributed by atoms with E-state index in [9.17, 15) is 0 Å². The minimum absolute atomic E-state index is 0.738. The second kappa shape index (κ2) is 5.60. The molecule has 0 unspecified atom stereocenters. The number of aromatic amines is 2. The average Bonchev–Trinajstić information content (AvgIpc) is 3.25. The van der Waals surface area contributed by atoms with Crippen molar-refractivity contribution in [3.8, 4) is 11.4 Å². The van der Waals surface area contributed by atoms with Crippen molar-refractivity contribution in [3.05, 3.63) is 84.2 Å². The molecule has 2 aromatic heterocycles. The lowest BCUT2D eigenvalue weighted by Crippen LogP contribution is -1.95. The summed E-state index contributed by atoms with van der Waals surface area (Å²) in [6.45, 7) is 0. The molecule has 4 nitrogen and oxygen atoms in total. The minimum atomic E-state index is 0.738. The number of nitrogens with one attached hydrogen (secondary N) is 2. The van der Waals surface area contributed by atoms with Gasteiger partial charge in [-0.05, 0) is 29.8 Å².